The van der Waals surface area contributed by atoms with Crippen molar-refractivity contribution in [3.63, 3.8) is 0 Å². The molecule has 1 atom stereocenters. The number of aliphatic hydroxyl groups is 1. The lowest BCUT2D eigenvalue weighted by molar-refractivity contribution is -0.384. The van der Waals surface area contributed by atoms with Gasteiger partial charge in [-0.05, 0) is 35.2 Å². The third-order valence-electron chi connectivity index (χ3n) is 2.52. The number of rotatable bonds is 6. The summed E-state index contributed by atoms with van der Waals surface area (Å²) < 4.78 is 0.540. The minimum absolute atomic E-state index is 0.116. The van der Waals surface area contributed by atoms with Crippen LogP contribution >= 0.6 is 15.9 Å². The van der Waals surface area contributed by atoms with Crippen LogP contribution in [0, 0.1) is 16.0 Å². The maximum atomic E-state index is 10.9. The van der Waals surface area contributed by atoms with Gasteiger partial charge < -0.3 is 10.4 Å². The lowest BCUT2D eigenvalue weighted by Crippen LogP contribution is -2.35. The first-order valence-corrected chi connectivity index (χ1v) is 6.77. The first-order chi connectivity index (χ1) is 8.71. The smallest absolute Gasteiger partial charge is 0.312 e. The second-order valence-electron chi connectivity index (χ2n) is 5.23. The van der Waals surface area contributed by atoms with E-state index < -0.39 is 10.5 Å². The molecule has 0 fully saturated rings. The van der Waals surface area contributed by atoms with Crippen LogP contribution in [-0.2, 0) is 0 Å². The predicted octanol–water partition coefficient (Wildman–Crippen LogP) is 2.96. The van der Waals surface area contributed by atoms with Crippen molar-refractivity contribution in [2.75, 3.05) is 11.9 Å². The molecule has 2 N–H and O–H groups in total. The fourth-order valence-electron chi connectivity index (χ4n) is 1.93. The summed E-state index contributed by atoms with van der Waals surface area (Å²) in [7, 11) is 0. The van der Waals surface area contributed by atoms with Crippen LogP contribution in [0.5, 0.6) is 0 Å². The van der Waals surface area contributed by atoms with Gasteiger partial charge in [0, 0.05) is 23.3 Å². The Morgan fingerprint density at radius 3 is 2.79 bits per heavy atom. The molecular weight excluding hydrogens is 314 g/mol. The highest BCUT2D eigenvalue weighted by atomic mass is 79.9. The average Bonchev–Trinajstić information content (AvgIpc) is 2.25. The highest BCUT2D eigenvalue weighted by Gasteiger charge is 2.24. The van der Waals surface area contributed by atoms with E-state index in [0.29, 0.717) is 16.8 Å². The molecule has 0 aromatic carbocycles. The minimum Gasteiger partial charge on any atom is -0.388 e. The largest absolute Gasteiger partial charge is 0.388 e. The molecule has 1 aromatic heterocycles. The average molecular weight is 332 g/mol. The third kappa shape index (κ3) is 5.12. The molecule has 6 nitrogen and oxygen atoms in total. The summed E-state index contributed by atoms with van der Waals surface area (Å²) in [6.45, 7) is 5.93. The molecule has 7 heteroatoms. The molecule has 1 heterocycles. The van der Waals surface area contributed by atoms with E-state index in [-0.39, 0.29) is 18.1 Å². The fourth-order valence-corrected chi connectivity index (χ4v) is 2.25. The number of nitrogens with zero attached hydrogens (tertiary/aromatic N) is 2. The molecule has 0 saturated heterocycles. The number of anilines is 1. The van der Waals surface area contributed by atoms with E-state index in [2.05, 4.69) is 26.2 Å². The SMILES string of the molecule is CC(C)CC(C)(O)CNc1ncc(Br)cc1[N+](=O)[O-]. The van der Waals surface area contributed by atoms with E-state index in [1.165, 1.54) is 12.3 Å². The summed E-state index contributed by atoms with van der Waals surface area (Å²) in [6, 6.07) is 1.38. The molecule has 1 rings (SSSR count). The van der Waals surface area contributed by atoms with Gasteiger partial charge in [-0.2, -0.15) is 0 Å². The minimum atomic E-state index is -0.934. The van der Waals surface area contributed by atoms with Crippen LogP contribution in [0.25, 0.3) is 0 Å². The van der Waals surface area contributed by atoms with Gasteiger partial charge in [0.25, 0.3) is 0 Å². The van der Waals surface area contributed by atoms with Crippen molar-refractivity contribution in [3.8, 4) is 0 Å². The van der Waals surface area contributed by atoms with Crippen LogP contribution in [0.1, 0.15) is 27.2 Å². The third-order valence-corrected chi connectivity index (χ3v) is 2.95. The molecule has 1 aromatic rings. The van der Waals surface area contributed by atoms with Gasteiger partial charge >= 0.3 is 5.69 Å². The normalized spacial score (nSPS) is 14.2. The molecule has 0 bridgehead atoms. The Kier molecular flexibility index (Phi) is 5.25. The zero-order valence-electron chi connectivity index (χ0n) is 11.2. The Morgan fingerprint density at radius 1 is 1.63 bits per heavy atom. The number of pyridine rings is 1. The number of nitrogens with one attached hydrogen (secondary N) is 1. The summed E-state index contributed by atoms with van der Waals surface area (Å²) in [6.07, 6.45) is 2.08. The van der Waals surface area contributed by atoms with Crippen molar-refractivity contribution in [1.29, 1.82) is 0 Å². The van der Waals surface area contributed by atoms with Gasteiger partial charge in [-0.3, -0.25) is 10.1 Å². The zero-order chi connectivity index (χ0) is 14.6. The summed E-state index contributed by atoms with van der Waals surface area (Å²) in [5.41, 5.74) is -1.05. The maximum absolute atomic E-state index is 10.9. The van der Waals surface area contributed by atoms with Gasteiger partial charge in [-0.25, -0.2) is 4.98 Å². The number of hydrogen-bond donors (Lipinski definition) is 2. The summed E-state index contributed by atoms with van der Waals surface area (Å²) in [5.74, 6) is 0.502. The van der Waals surface area contributed by atoms with Gasteiger partial charge in [0.15, 0.2) is 0 Å². The van der Waals surface area contributed by atoms with Crippen LogP contribution in [0.4, 0.5) is 11.5 Å². The topological polar surface area (TPSA) is 88.3 Å². The van der Waals surface area contributed by atoms with Crippen molar-refractivity contribution < 1.29 is 10.0 Å². The summed E-state index contributed by atoms with van der Waals surface area (Å²) in [4.78, 5) is 14.4. The molecule has 0 radical (unpaired) electrons. The monoisotopic (exact) mass is 331 g/mol. The number of nitro groups is 1. The van der Waals surface area contributed by atoms with Crippen molar-refractivity contribution in [2.45, 2.75) is 32.8 Å². The Morgan fingerprint density at radius 2 is 2.26 bits per heavy atom. The highest BCUT2D eigenvalue weighted by Crippen LogP contribution is 2.26. The Labute approximate surface area is 120 Å². The van der Waals surface area contributed by atoms with E-state index in [9.17, 15) is 15.2 Å². The van der Waals surface area contributed by atoms with E-state index >= 15 is 0 Å². The van der Waals surface area contributed by atoms with Crippen LogP contribution in [-0.4, -0.2) is 27.2 Å². The van der Waals surface area contributed by atoms with Gasteiger partial charge in [0.2, 0.25) is 5.82 Å². The summed E-state index contributed by atoms with van der Waals surface area (Å²) in [5, 5.41) is 23.9. The van der Waals surface area contributed by atoms with E-state index in [1.807, 2.05) is 13.8 Å². The second kappa shape index (κ2) is 6.29. The molecule has 0 amide bonds. The Hall–Kier alpha value is -1.21. The summed E-state index contributed by atoms with van der Waals surface area (Å²) >= 11 is 3.14. The van der Waals surface area contributed by atoms with Crippen molar-refractivity contribution in [3.05, 3.63) is 26.9 Å². The first-order valence-electron chi connectivity index (χ1n) is 5.97. The molecule has 0 aliphatic carbocycles. The fraction of sp³-hybridized carbons (Fsp3) is 0.583. The molecule has 0 aliphatic heterocycles. The Bertz CT molecular complexity index is 464. The molecule has 0 saturated carbocycles. The molecule has 0 spiro atoms. The molecule has 1 unspecified atom stereocenters. The van der Waals surface area contributed by atoms with Crippen LogP contribution in [0.3, 0.4) is 0 Å². The lowest BCUT2D eigenvalue weighted by atomic mass is 9.94. The van der Waals surface area contributed by atoms with Crippen LogP contribution in [0.2, 0.25) is 0 Å². The first kappa shape index (κ1) is 15.8. The number of halogens is 1. The molecule has 106 valence electrons. The van der Waals surface area contributed by atoms with E-state index in [4.69, 9.17) is 0 Å². The number of hydrogen-bond acceptors (Lipinski definition) is 5. The zero-order valence-corrected chi connectivity index (χ0v) is 12.8. The molecule has 0 aliphatic rings. The standard InChI is InChI=1S/C12H18BrN3O3/c1-8(2)5-12(3,17)7-15-11-10(16(18)19)4-9(13)6-14-11/h4,6,8,17H,5,7H2,1-3H3,(H,14,15). The van der Waals surface area contributed by atoms with Gasteiger partial charge in [0.05, 0.1) is 10.5 Å². The quantitative estimate of drug-likeness (QED) is 0.618. The molecule has 19 heavy (non-hydrogen) atoms. The highest BCUT2D eigenvalue weighted by molar-refractivity contribution is 9.10. The van der Waals surface area contributed by atoms with Crippen molar-refractivity contribution >= 4 is 27.4 Å². The maximum Gasteiger partial charge on any atom is 0.312 e. The van der Waals surface area contributed by atoms with Crippen LogP contribution < -0.4 is 5.32 Å². The predicted molar refractivity (Wildman–Crippen MR) is 77.2 cm³/mol. The van der Waals surface area contributed by atoms with Crippen molar-refractivity contribution in [2.24, 2.45) is 5.92 Å². The van der Waals surface area contributed by atoms with Gasteiger partial charge in [-0.15, -0.1) is 0 Å². The van der Waals surface area contributed by atoms with Gasteiger partial charge in [0.1, 0.15) is 0 Å². The van der Waals surface area contributed by atoms with E-state index in [1.54, 1.807) is 6.92 Å². The number of aromatic nitrogens is 1. The van der Waals surface area contributed by atoms with E-state index in [0.717, 1.165) is 0 Å². The van der Waals surface area contributed by atoms with Gasteiger partial charge in [-0.1, -0.05) is 13.8 Å². The lowest BCUT2D eigenvalue weighted by Gasteiger charge is -2.25. The van der Waals surface area contributed by atoms with Crippen molar-refractivity contribution in [1.82, 2.24) is 4.98 Å². The molecular formula is C12H18BrN3O3. The second-order valence-corrected chi connectivity index (χ2v) is 6.14. The van der Waals surface area contributed by atoms with Crippen LogP contribution in [0.15, 0.2) is 16.7 Å². The Balaban J connectivity index is 2.80.